The lowest BCUT2D eigenvalue weighted by atomic mass is 10.0. The molecule has 0 bridgehead atoms. The number of aromatic hydroxyl groups is 1. The van der Waals surface area contributed by atoms with Crippen LogP contribution in [-0.4, -0.2) is 16.3 Å². The first-order chi connectivity index (χ1) is 14.2. The van der Waals surface area contributed by atoms with Crippen molar-refractivity contribution in [3.63, 3.8) is 0 Å². The zero-order chi connectivity index (χ0) is 19.8. The van der Waals surface area contributed by atoms with Crippen LogP contribution in [0.2, 0.25) is 5.02 Å². The van der Waals surface area contributed by atoms with E-state index in [0.29, 0.717) is 22.1 Å². The minimum Gasteiger partial charge on any atom is -0.507 e. The van der Waals surface area contributed by atoms with Crippen LogP contribution in [0.5, 0.6) is 5.75 Å². The molecule has 0 atom stereocenters. The number of halogens is 1. The fraction of sp³-hybridized carbons (Fsp3) is 0. The van der Waals surface area contributed by atoms with E-state index in [0.717, 1.165) is 27.5 Å². The average Bonchev–Trinajstić information content (AvgIpc) is 3.16. The van der Waals surface area contributed by atoms with Gasteiger partial charge in [0.2, 0.25) is 5.89 Å². The van der Waals surface area contributed by atoms with E-state index in [9.17, 15) is 5.11 Å². The first-order valence-electron chi connectivity index (χ1n) is 9.09. The molecular formula is C24H15ClN2O2. The number of aliphatic imine (C=N–C) groups is 1. The Morgan fingerprint density at radius 1 is 0.931 bits per heavy atom. The third-order valence-corrected chi connectivity index (χ3v) is 4.99. The maximum Gasteiger partial charge on any atom is 0.227 e. The van der Waals surface area contributed by atoms with Crippen molar-refractivity contribution >= 4 is 45.4 Å². The van der Waals surface area contributed by atoms with Gasteiger partial charge in [0, 0.05) is 22.4 Å². The standard InChI is InChI=1S/C24H15ClN2O2/c25-17-8-12-23-21(13-17)27-24(29-23)16-5-9-18(10-6-16)26-14-20-19-4-2-1-3-15(19)7-11-22(20)28/h1-14,28H. The Hall–Kier alpha value is -3.63. The molecule has 29 heavy (non-hydrogen) atoms. The minimum atomic E-state index is 0.203. The fourth-order valence-corrected chi connectivity index (χ4v) is 3.44. The second kappa shape index (κ2) is 7.08. The molecule has 1 N–H and O–H groups in total. The minimum absolute atomic E-state index is 0.203. The number of phenolic OH excluding ortho intramolecular Hbond substituents is 1. The van der Waals surface area contributed by atoms with Gasteiger partial charge in [-0.25, -0.2) is 4.98 Å². The van der Waals surface area contributed by atoms with E-state index in [2.05, 4.69) is 9.98 Å². The van der Waals surface area contributed by atoms with Gasteiger partial charge in [-0.1, -0.05) is 41.9 Å². The van der Waals surface area contributed by atoms with Crippen molar-refractivity contribution in [1.82, 2.24) is 4.98 Å². The van der Waals surface area contributed by atoms with E-state index >= 15 is 0 Å². The lowest BCUT2D eigenvalue weighted by Gasteiger charge is -2.04. The van der Waals surface area contributed by atoms with Gasteiger partial charge < -0.3 is 9.52 Å². The van der Waals surface area contributed by atoms with Gasteiger partial charge in [-0.3, -0.25) is 4.99 Å². The monoisotopic (exact) mass is 398 g/mol. The van der Waals surface area contributed by atoms with Crippen molar-refractivity contribution in [2.45, 2.75) is 0 Å². The Kier molecular flexibility index (Phi) is 4.26. The van der Waals surface area contributed by atoms with Gasteiger partial charge in [-0.2, -0.15) is 0 Å². The zero-order valence-corrected chi connectivity index (χ0v) is 16.0. The predicted molar refractivity (Wildman–Crippen MR) is 117 cm³/mol. The number of fused-ring (bicyclic) bond motifs is 2. The van der Waals surface area contributed by atoms with Crippen LogP contribution in [0, 0.1) is 0 Å². The van der Waals surface area contributed by atoms with Gasteiger partial charge in [0.25, 0.3) is 0 Å². The van der Waals surface area contributed by atoms with Crippen molar-refractivity contribution in [3.8, 4) is 17.2 Å². The number of nitrogens with zero attached hydrogens (tertiary/aromatic N) is 2. The molecule has 0 spiro atoms. The van der Waals surface area contributed by atoms with Gasteiger partial charge in [-0.05, 0) is 59.3 Å². The van der Waals surface area contributed by atoms with Crippen LogP contribution >= 0.6 is 11.6 Å². The molecule has 1 heterocycles. The van der Waals surface area contributed by atoms with Crippen molar-refractivity contribution in [3.05, 3.63) is 89.4 Å². The van der Waals surface area contributed by atoms with Crippen LogP contribution in [0.4, 0.5) is 5.69 Å². The van der Waals surface area contributed by atoms with E-state index in [1.165, 1.54) is 0 Å². The molecule has 0 aliphatic carbocycles. The highest BCUT2D eigenvalue weighted by molar-refractivity contribution is 6.31. The van der Waals surface area contributed by atoms with E-state index < -0.39 is 0 Å². The number of oxazole rings is 1. The number of aromatic nitrogens is 1. The maximum atomic E-state index is 10.2. The summed E-state index contributed by atoms with van der Waals surface area (Å²) in [6.45, 7) is 0. The smallest absolute Gasteiger partial charge is 0.227 e. The Bertz CT molecular complexity index is 1370. The van der Waals surface area contributed by atoms with Crippen molar-refractivity contribution < 1.29 is 9.52 Å². The number of benzene rings is 4. The van der Waals surface area contributed by atoms with Gasteiger partial charge in [0.1, 0.15) is 11.3 Å². The number of phenols is 1. The molecule has 0 saturated carbocycles. The molecule has 0 radical (unpaired) electrons. The number of hydrogen-bond donors (Lipinski definition) is 1. The lowest BCUT2D eigenvalue weighted by Crippen LogP contribution is -1.85. The summed E-state index contributed by atoms with van der Waals surface area (Å²) in [5, 5.41) is 12.9. The van der Waals surface area contributed by atoms with Crippen molar-refractivity contribution in [1.29, 1.82) is 0 Å². The molecule has 0 fully saturated rings. The summed E-state index contributed by atoms with van der Waals surface area (Å²) in [5.74, 6) is 0.735. The van der Waals surface area contributed by atoms with E-state index in [-0.39, 0.29) is 5.75 Å². The molecule has 0 unspecified atom stereocenters. The Balaban J connectivity index is 1.45. The van der Waals surface area contributed by atoms with Crippen LogP contribution in [-0.2, 0) is 0 Å². The van der Waals surface area contributed by atoms with Crippen LogP contribution < -0.4 is 0 Å². The second-order valence-electron chi connectivity index (χ2n) is 6.66. The molecule has 140 valence electrons. The topological polar surface area (TPSA) is 58.6 Å². The third-order valence-electron chi connectivity index (χ3n) is 4.75. The quantitative estimate of drug-likeness (QED) is 0.341. The third kappa shape index (κ3) is 3.35. The van der Waals surface area contributed by atoms with Gasteiger partial charge in [-0.15, -0.1) is 0 Å². The summed E-state index contributed by atoms with van der Waals surface area (Å²) in [4.78, 5) is 9.01. The average molecular weight is 399 g/mol. The summed E-state index contributed by atoms with van der Waals surface area (Å²) < 4.78 is 5.80. The Morgan fingerprint density at radius 2 is 1.76 bits per heavy atom. The molecular weight excluding hydrogens is 384 g/mol. The maximum absolute atomic E-state index is 10.2. The fourth-order valence-electron chi connectivity index (χ4n) is 3.27. The predicted octanol–water partition coefficient (Wildman–Crippen LogP) is 6.76. The number of hydrogen-bond acceptors (Lipinski definition) is 4. The van der Waals surface area contributed by atoms with E-state index in [1.54, 1.807) is 24.4 Å². The Labute approximate surface area is 171 Å². The van der Waals surface area contributed by atoms with Crippen molar-refractivity contribution in [2.75, 3.05) is 0 Å². The van der Waals surface area contributed by atoms with Gasteiger partial charge in [0.05, 0.1) is 5.69 Å². The molecule has 4 aromatic carbocycles. The number of rotatable bonds is 3. The molecule has 0 aliphatic rings. The summed E-state index contributed by atoms with van der Waals surface area (Å²) in [5.41, 5.74) is 3.73. The first-order valence-corrected chi connectivity index (χ1v) is 9.46. The lowest BCUT2D eigenvalue weighted by molar-refractivity contribution is 0.475. The van der Waals surface area contributed by atoms with Crippen molar-refractivity contribution in [2.24, 2.45) is 4.99 Å². The molecule has 4 nitrogen and oxygen atoms in total. The van der Waals surface area contributed by atoms with Crippen LogP contribution in [0.1, 0.15) is 5.56 Å². The van der Waals surface area contributed by atoms with Crippen LogP contribution in [0.25, 0.3) is 33.3 Å². The van der Waals surface area contributed by atoms with E-state index in [4.69, 9.17) is 16.0 Å². The highest BCUT2D eigenvalue weighted by atomic mass is 35.5. The molecule has 0 saturated heterocycles. The summed E-state index contributed by atoms with van der Waals surface area (Å²) in [6, 6.07) is 24.4. The molecule has 5 heteroatoms. The summed E-state index contributed by atoms with van der Waals surface area (Å²) in [7, 11) is 0. The van der Waals surface area contributed by atoms with E-state index in [1.807, 2.05) is 60.7 Å². The van der Waals surface area contributed by atoms with Crippen LogP contribution in [0.3, 0.4) is 0 Å². The molecule has 0 amide bonds. The Morgan fingerprint density at radius 3 is 2.62 bits per heavy atom. The largest absolute Gasteiger partial charge is 0.507 e. The van der Waals surface area contributed by atoms with Gasteiger partial charge >= 0.3 is 0 Å². The first kappa shape index (κ1) is 17.5. The normalized spacial score (nSPS) is 11.6. The SMILES string of the molecule is Oc1ccc2ccccc2c1C=Nc1ccc(-c2nc3cc(Cl)ccc3o2)cc1. The summed E-state index contributed by atoms with van der Waals surface area (Å²) in [6.07, 6.45) is 1.69. The molecule has 1 aromatic heterocycles. The molecule has 0 aliphatic heterocycles. The molecule has 5 aromatic rings. The molecule has 5 rings (SSSR count). The van der Waals surface area contributed by atoms with Crippen LogP contribution in [0.15, 0.2) is 88.3 Å². The summed E-state index contributed by atoms with van der Waals surface area (Å²) >= 11 is 6.01. The highest BCUT2D eigenvalue weighted by Crippen LogP contribution is 2.29. The highest BCUT2D eigenvalue weighted by Gasteiger charge is 2.09. The second-order valence-corrected chi connectivity index (χ2v) is 7.09. The zero-order valence-electron chi connectivity index (χ0n) is 15.2. The van der Waals surface area contributed by atoms with Gasteiger partial charge in [0.15, 0.2) is 5.58 Å².